The summed E-state index contributed by atoms with van der Waals surface area (Å²) < 4.78 is 0. The molecule has 0 nitrogen and oxygen atoms in total. The van der Waals surface area contributed by atoms with Gasteiger partial charge in [0.2, 0.25) is 0 Å². The molecule has 4 rings (SSSR count). The van der Waals surface area contributed by atoms with Gasteiger partial charge in [-0.1, -0.05) is 72.5 Å². The molecule has 0 radical (unpaired) electrons. The minimum atomic E-state index is 0.462. The summed E-state index contributed by atoms with van der Waals surface area (Å²) in [5, 5.41) is 0. The third-order valence-electron chi connectivity index (χ3n) is 11.4. The molecule has 28 heavy (non-hydrogen) atoms. The van der Waals surface area contributed by atoms with Gasteiger partial charge in [-0.15, -0.1) is 0 Å². The SMILES string of the molecule is CCCC1(C)CCC2(C)C(=CCC3C4(C)CCCCC4CCC32CC)C1CC. The van der Waals surface area contributed by atoms with Gasteiger partial charge in [-0.25, -0.2) is 0 Å². The van der Waals surface area contributed by atoms with E-state index >= 15 is 0 Å². The molecule has 0 aliphatic heterocycles. The van der Waals surface area contributed by atoms with Crippen LogP contribution >= 0.6 is 0 Å². The van der Waals surface area contributed by atoms with Crippen LogP contribution in [0.4, 0.5) is 0 Å². The van der Waals surface area contributed by atoms with E-state index < -0.39 is 0 Å². The Labute approximate surface area is 176 Å². The van der Waals surface area contributed by atoms with E-state index in [1.54, 1.807) is 0 Å². The second-order valence-electron chi connectivity index (χ2n) is 12.1. The fourth-order valence-corrected chi connectivity index (χ4v) is 9.91. The average Bonchev–Trinajstić information content (AvgIpc) is 2.68. The van der Waals surface area contributed by atoms with Crippen LogP contribution in [0.2, 0.25) is 0 Å². The lowest BCUT2D eigenvalue weighted by Crippen LogP contribution is -2.61. The molecule has 0 aromatic rings. The van der Waals surface area contributed by atoms with E-state index in [2.05, 4.69) is 47.6 Å². The summed E-state index contributed by atoms with van der Waals surface area (Å²) in [6.07, 6.45) is 21.7. The van der Waals surface area contributed by atoms with E-state index in [4.69, 9.17) is 0 Å². The molecule has 3 fully saturated rings. The van der Waals surface area contributed by atoms with Crippen molar-refractivity contribution < 1.29 is 0 Å². The lowest BCUT2D eigenvalue weighted by molar-refractivity contribution is -0.161. The van der Waals surface area contributed by atoms with Crippen LogP contribution in [0.3, 0.4) is 0 Å². The minimum absolute atomic E-state index is 0.462. The highest BCUT2D eigenvalue weighted by atomic mass is 14.7. The second kappa shape index (κ2) is 7.16. The highest BCUT2D eigenvalue weighted by Gasteiger charge is 2.65. The van der Waals surface area contributed by atoms with Crippen molar-refractivity contribution >= 4 is 0 Å². The number of allylic oxidation sites excluding steroid dienone is 2. The van der Waals surface area contributed by atoms with Crippen molar-refractivity contribution in [3.05, 3.63) is 11.6 Å². The van der Waals surface area contributed by atoms with Crippen molar-refractivity contribution in [3.63, 3.8) is 0 Å². The largest absolute Gasteiger partial charge is 0.0841 e. The van der Waals surface area contributed by atoms with Crippen LogP contribution in [0.5, 0.6) is 0 Å². The first kappa shape index (κ1) is 21.0. The first-order chi connectivity index (χ1) is 13.3. The minimum Gasteiger partial charge on any atom is -0.0841 e. The van der Waals surface area contributed by atoms with Gasteiger partial charge >= 0.3 is 0 Å². The van der Waals surface area contributed by atoms with Gasteiger partial charge in [-0.3, -0.25) is 0 Å². The maximum Gasteiger partial charge on any atom is -0.00539 e. The Balaban J connectivity index is 1.79. The molecule has 0 amide bonds. The van der Waals surface area contributed by atoms with E-state index in [1.165, 1.54) is 83.5 Å². The van der Waals surface area contributed by atoms with E-state index in [0.29, 0.717) is 21.7 Å². The Hall–Kier alpha value is -0.260. The molecule has 4 aliphatic rings. The first-order valence-electron chi connectivity index (χ1n) is 13.0. The van der Waals surface area contributed by atoms with Crippen LogP contribution in [0.15, 0.2) is 11.6 Å². The fourth-order valence-electron chi connectivity index (χ4n) is 9.91. The highest BCUT2D eigenvalue weighted by Crippen LogP contribution is 2.74. The number of hydrogen-bond acceptors (Lipinski definition) is 0. The van der Waals surface area contributed by atoms with Crippen molar-refractivity contribution in [1.29, 1.82) is 0 Å². The summed E-state index contributed by atoms with van der Waals surface area (Å²) in [5.41, 5.74) is 4.12. The molecule has 4 aliphatic carbocycles. The Morgan fingerprint density at radius 2 is 1.71 bits per heavy atom. The molecule has 0 N–H and O–H groups in total. The summed E-state index contributed by atoms with van der Waals surface area (Å²) in [5.74, 6) is 2.78. The average molecular weight is 385 g/mol. The monoisotopic (exact) mass is 384 g/mol. The predicted molar refractivity (Wildman–Crippen MR) is 122 cm³/mol. The molecular weight excluding hydrogens is 336 g/mol. The van der Waals surface area contributed by atoms with Crippen LogP contribution in [-0.4, -0.2) is 0 Å². The topological polar surface area (TPSA) is 0 Å². The van der Waals surface area contributed by atoms with Gasteiger partial charge < -0.3 is 0 Å². The quantitative estimate of drug-likeness (QED) is 0.424. The van der Waals surface area contributed by atoms with Crippen LogP contribution in [0.25, 0.3) is 0 Å². The third kappa shape index (κ3) is 2.61. The zero-order valence-corrected chi connectivity index (χ0v) is 20.0. The van der Waals surface area contributed by atoms with Gasteiger partial charge in [-0.05, 0) is 104 Å². The highest BCUT2D eigenvalue weighted by molar-refractivity contribution is 5.32. The Morgan fingerprint density at radius 1 is 0.929 bits per heavy atom. The molecule has 7 atom stereocenters. The van der Waals surface area contributed by atoms with Crippen LogP contribution in [-0.2, 0) is 0 Å². The summed E-state index contributed by atoms with van der Waals surface area (Å²) in [4.78, 5) is 0. The first-order valence-corrected chi connectivity index (χ1v) is 13.0. The van der Waals surface area contributed by atoms with Crippen molar-refractivity contribution in [1.82, 2.24) is 0 Å². The molecule has 7 unspecified atom stereocenters. The summed E-state index contributed by atoms with van der Waals surface area (Å²) in [6.45, 7) is 15.6. The fraction of sp³-hybridized carbons (Fsp3) is 0.929. The Kier molecular flexibility index (Phi) is 5.37. The molecule has 0 aromatic carbocycles. The number of hydrogen-bond donors (Lipinski definition) is 0. The smallest absolute Gasteiger partial charge is 0.00539 e. The van der Waals surface area contributed by atoms with Crippen LogP contribution < -0.4 is 0 Å². The maximum atomic E-state index is 2.84. The van der Waals surface area contributed by atoms with Crippen molar-refractivity contribution in [2.75, 3.05) is 0 Å². The molecule has 0 spiro atoms. The summed E-state index contributed by atoms with van der Waals surface area (Å²) in [6, 6.07) is 0. The molecule has 0 heterocycles. The molecule has 0 heteroatoms. The molecular formula is C28H48. The molecule has 0 aromatic heterocycles. The van der Waals surface area contributed by atoms with Gasteiger partial charge in [0.15, 0.2) is 0 Å². The van der Waals surface area contributed by atoms with E-state index in [0.717, 1.165) is 17.8 Å². The van der Waals surface area contributed by atoms with Gasteiger partial charge in [-0.2, -0.15) is 0 Å². The normalized spacial score (nSPS) is 50.9. The second-order valence-corrected chi connectivity index (χ2v) is 12.1. The standard InChI is InChI=1S/C28H48/c1-7-16-25(4)19-20-27(6)23(22(25)8-2)13-14-24-26(5)17-11-10-12-21(26)15-18-28(24,27)9-3/h13,21-22,24H,7-12,14-20H2,1-6H3. The van der Waals surface area contributed by atoms with Gasteiger partial charge in [0.25, 0.3) is 0 Å². The van der Waals surface area contributed by atoms with Crippen molar-refractivity contribution in [3.8, 4) is 0 Å². The predicted octanol–water partition coefficient (Wildman–Crippen LogP) is 8.95. The van der Waals surface area contributed by atoms with Gasteiger partial charge in [0.05, 0.1) is 0 Å². The van der Waals surface area contributed by atoms with Crippen LogP contribution in [0.1, 0.15) is 125 Å². The number of rotatable bonds is 4. The Morgan fingerprint density at radius 3 is 2.39 bits per heavy atom. The van der Waals surface area contributed by atoms with Crippen molar-refractivity contribution in [2.45, 2.75) is 125 Å². The molecule has 0 bridgehead atoms. The lowest BCUT2D eigenvalue weighted by atomic mass is 9.35. The number of fused-ring (bicyclic) bond motifs is 5. The zero-order chi connectivity index (χ0) is 20.2. The molecule has 160 valence electrons. The van der Waals surface area contributed by atoms with E-state index in [1.807, 2.05) is 5.57 Å². The summed E-state index contributed by atoms with van der Waals surface area (Å²) in [7, 11) is 0. The van der Waals surface area contributed by atoms with Gasteiger partial charge in [0, 0.05) is 0 Å². The van der Waals surface area contributed by atoms with Gasteiger partial charge in [0.1, 0.15) is 0 Å². The Bertz CT molecular complexity index is 616. The maximum absolute atomic E-state index is 2.84. The molecule has 3 saturated carbocycles. The lowest BCUT2D eigenvalue weighted by Gasteiger charge is -2.69. The molecule has 0 saturated heterocycles. The van der Waals surface area contributed by atoms with E-state index in [-0.39, 0.29) is 0 Å². The summed E-state index contributed by atoms with van der Waals surface area (Å²) >= 11 is 0. The zero-order valence-electron chi connectivity index (χ0n) is 20.0. The third-order valence-corrected chi connectivity index (χ3v) is 11.4. The van der Waals surface area contributed by atoms with Crippen LogP contribution in [0, 0.1) is 39.4 Å². The van der Waals surface area contributed by atoms with Crippen molar-refractivity contribution in [2.24, 2.45) is 39.4 Å². The van der Waals surface area contributed by atoms with E-state index in [9.17, 15) is 0 Å².